The van der Waals surface area contributed by atoms with Crippen molar-refractivity contribution in [1.29, 1.82) is 0 Å². The molecule has 0 unspecified atom stereocenters. The van der Waals surface area contributed by atoms with Crippen molar-refractivity contribution in [3.63, 3.8) is 0 Å². The van der Waals surface area contributed by atoms with Crippen LogP contribution in [0.5, 0.6) is 0 Å². The summed E-state index contributed by atoms with van der Waals surface area (Å²) in [6.45, 7) is 1.39. The van der Waals surface area contributed by atoms with E-state index in [9.17, 15) is 22.4 Å². The Balaban J connectivity index is 1.46. The number of hydrogen-bond donors (Lipinski definition) is 2. The fourth-order valence-corrected chi connectivity index (χ4v) is 4.85. The molecule has 0 aliphatic heterocycles. The summed E-state index contributed by atoms with van der Waals surface area (Å²) in [5.41, 5.74) is 1.59. The molecule has 1 aromatic heterocycles. The number of thiazole rings is 1. The van der Waals surface area contributed by atoms with Crippen molar-refractivity contribution >= 4 is 43.9 Å². The molecule has 1 heterocycles. The molecule has 0 spiro atoms. The van der Waals surface area contributed by atoms with Crippen LogP contribution in [0.4, 0.5) is 15.2 Å². The zero-order chi connectivity index (χ0) is 24.3. The second-order valence-corrected chi connectivity index (χ2v) is 9.78. The molecular weight excluding hydrogens is 477 g/mol. The summed E-state index contributed by atoms with van der Waals surface area (Å²) in [5.74, 6) is -1.08. The number of aromatic nitrogens is 1. The average Bonchev–Trinajstić information content (AvgIpc) is 3.27. The number of hydrogen-bond acceptors (Lipinski definition) is 6. The van der Waals surface area contributed by atoms with Crippen molar-refractivity contribution in [2.45, 2.75) is 11.8 Å². The number of carbonyl (C=O) groups is 2. The van der Waals surface area contributed by atoms with Gasteiger partial charge in [-0.15, -0.1) is 11.3 Å². The largest absolute Gasteiger partial charge is 0.298 e. The molecule has 2 N–H and O–H groups in total. The molecule has 0 radical (unpaired) electrons. The Morgan fingerprint density at radius 3 is 2.38 bits per heavy atom. The van der Waals surface area contributed by atoms with E-state index >= 15 is 0 Å². The number of Topliss-reactive ketones (excluding diaryl/α,β-unsaturated/α-hetero) is 1. The molecule has 4 rings (SSSR count). The van der Waals surface area contributed by atoms with E-state index in [2.05, 4.69) is 15.0 Å². The maximum absolute atomic E-state index is 13.9. The van der Waals surface area contributed by atoms with Gasteiger partial charge in [-0.2, -0.15) is 0 Å². The maximum Gasteiger partial charge on any atom is 0.261 e. The zero-order valence-electron chi connectivity index (χ0n) is 17.8. The maximum atomic E-state index is 13.9. The summed E-state index contributed by atoms with van der Waals surface area (Å²) in [6.07, 6.45) is 0. The number of halogens is 1. The highest BCUT2D eigenvalue weighted by molar-refractivity contribution is 7.92. The lowest BCUT2D eigenvalue weighted by atomic mass is 10.1. The molecule has 0 bridgehead atoms. The lowest BCUT2D eigenvalue weighted by molar-refractivity contribution is 0.101. The van der Waals surface area contributed by atoms with Gasteiger partial charge in [-0.25, -0.2) is 17.8 Å². The van der Waals surface area contributed by atoms with Crippen molar-refractivity contribution in [3.8, 4) is 11.3 Å². The molecular formula is C24H18FN3O4S2. The standard InChI is InChI=1S/C24H18FN3O4S2/c1-15(29)17-5-4-6-18(13-17)28-34(31,32)19-11-9-16(10-12-19)23(30)27-24-26-22(14-33-24)20-7-2-3-8-21(20)25/h2-14,28H,1H3,(H,26,27,30). The second kappa shape index (κ2) is 9.54. The number of ketones is 1. The predicted molar refractivity (Wildman–Crippen MR) is 129 cm³/mol. The van der Waals surface area contributed by atoms with Crippen molar-refractivity contribution in [1.82, 2.24) is 4.98 Å². The Kier molecular flexibility index (Phi) is 6.53. The highest BCUT2D eigenvalue weighted by Crippen LogP contribution is 2.27. The summed E-state index contributed by atoms with van der Waals surface area (Å²) < 4.78 is 41.7. The first kappa shape index (κ1) is 23.3. The summed E-state index contributed by atoms with van der Waals surface area (Å²) in [5, 5.41) is 4.55. The smallest absolute Gasteiger partial charge is 0.261 e. The van der Waals surface area contributed by atoms with Gasteiger partial charge in [-0.1, -0.05) is 24.3 Å². The molecule has 1 amide bonds. The van der Waals surface area contributed by atoms with E-state index in [-0.39, 0.29) is 27.1 Å². The van der Waals surface area contributed by atoms with Crippen LogP contribution in [-0.4, -0.2) is 25.1 Å². The van der Waals surface area contributed by atoms with E-state index in [0.717, 1.165) is 11.3 Å². The Morgan fingerprint density at radius 2 is 1.68 bits per heavy atom. The van der Waals surface area contributed by atoms with Gasteiger partial charge in [0.05, 0.1) is 10.6 Å². The third-order valence-corrected chi connectivity index (χ3v) is 6.98. The van der Waals surface area contributed by atoms with Crippen LogP contribution in [0.25, 0.3) is 11.3 Å². The molecule has 0 atom stereocenters. The molecule has 10 heteroatoms. The fourth-order valence-electron chi connectivity index (χ4n) is 3.09. The first-order chi connectivity index (χ1) is 16.2. The van der Waals surface area contributed by atoms with Gasteiger partial charge in [0.15, 0.2) is 10.9 Å². The van der Waals surface area contributed by atoms with Gasteiger partial charge in [0.1, 0.15) is 5.82 Å². The average molecular weight is 496 g/mol. The Bertz CT molecular complexity index is 1480. The van der Waals surface area contributed by atoms with Crippen LogP contribution >= 0.6 is 11.3 Å². The van der Waals surface area contributed by atoms with Crippen LogP contribution in [0.2, 0.25) is 0 Å². The van der Waals surface area contributed by atoms with Gasteiger partial charge in [-0.3, -0.25) is 19.6 Å². The van der Waals surface area contributed by atoms with Crippen molar-refractivity contribution < 1.29 is 22.4 Å². The van der Waals surface area contributed by atoms with Gasteiger partial charge in [0.25, 0.3) is 15.9 Å². The number of amides is 1. The van der Waals surface area contributed by atoms with Crippen LogP contribution in [0, 0.1) is 5.82 Å². The molecule has 0 saturated heterocycles. The van der Waals surface area contributed by atoms with Crippen LogP contribution in [0.3, 0.4) is 0 Å². The van der Waals surface area contributed by atoms with E-state index in [0.29, 0.717) is 16.8 Å². The molecule has 3 aromatic carbocycles. The van der Waals surface area contributed by atoms with Crippen molar-refractivity contribution in [2.75, 3.05) is 10.0 Å². The molecule has 0 aliphatic carbocycles. The number of nitrogens with zero attached hydrogens (tertiary/aromatic N) is 1. The molecule has 4 aromatic rings. The second-order valence-electron chi connectivity index (χ2n) is 7.24. The Morgan fingerprint density at radius 1 is 0.941 bits per heavy atom. The lowest BCUT2D eigenvalue weighted by Crippen LogP contribution is -2.15. The van der Waals surface area contributed by atoms with E-state index in [1.165, 1.54) is 49.4 Å². The van der Waals surface area contributed by atoms with Crippen LogP contribution in [0.1, 0.15) is 27.6 Å². The molecule has 7 nitrogen and oxygen atoms in total. The number of anilines is 2. The van der Waals surface area contributed by atoms with E-state index in [4.69, 9.17) is 0 Å². The minimum Gasteiger partial charge on any atom is -0.298 e. The third kappa shape index (κ3) is 5.19. The minimum atomic E-state index is -3.93. The summed E-state index contributed by atoms with van der Waals surface area (Å²) in [4.78, 5) is 28.3. The monoisotopic (exact) mass is 495 g/mol. The Labute approximate surface area is 199 Å². The highest BCUT2D eigenvalue weighted by Gasteiger charge is 2.17. The number of rotatable bonds is 7. The molecule has 0 fully saturated rings. The quantitative estimate of drug-likeness (QED) is 0.343. The van der Waals surface area contributed by atoms with E-state index in [1.807, 2.05) is 0 Å². The number of carbonyl (C=O) groups excluding carboxylic acids is 2. The third-order valence-electron chi connectivity index (χ3n) is 4.82. The summed E-state index contributed by atoms with van der Waals surface area (Å²) >= 11 is 1.15. The van der Waals surface area contributed by atoms with Gasteiger partial charge in [0.2, 0.25) is 0 Å². The number of sulfonamides is 1. The van der Waals surface area contributed by atoms with E-state index in [1.54, 1.807) is 35.7 Å². The summed E-state index contributed by atoms with van der Waals surface area (Å²) in [7, 11) is -3.93. The van der Waals surface area contributed by atoms with E-state index < -0.39 is 21.7 Å². The zero-order valence-corrected chi connectivity index (χ0v) is 19.4. The molecule has 34 heavy (non-hydrogen) atoms. The topological polar surface area (TPSA) is 105 Å². The van der Waals surface area contributed by atoms with Gasteiger partial charge >= 0.3 is 0 Å². The normalized spacial score (nSPS) is 11.1. The molecule has 0 aliphatic rings. The van der Waals surface area contributed by atoms with Crippen LogP contribution in [0.15, 0.2) is 83.1 Å². The SMILES string of the molecule is CC(=O)c1cccc(NS(=O)(=O)c2ccc(C(=O)Nc3nc(-c4ccccc4F)cs3)cc2)c1. The first-order valence-corrected chi connectivity index (χ1v) is 12.3. The lowest BCUT2D eigenvalue weighted by Gasteiger charge is -2.09. The Hall–Kier alpha value is -3.89. The van der Waals surface area contributed by atoms with Gasteiger partial charge in [0, 0.05) is 27.8 Å². The van der Waals surface area contributed by atoms with Gasteiger partial charge in [-0.05, 0) is 55.5 Å². The first-order valence-electron chi connectivity index (χ1n) is 9.98. The number of benzene rings is 3. The highest BCUT2D eigenvalue weighted by atomic mass is 32.2. The fraction of sp³-hybridized carbons (Fsp3) is 0.0417. The summed E-state index contributed by atoms with van der Waals surface area (Å²) in [6, 6.07) is 17.7. The van der Waals surface area contributed by atoms with Crippen molar-refractivity contribution in [3.05, 3.63) is 95.1 Å². The molecule has 172 valence electrons. The van der Waals surface area contributed by atoms with Crippen LogP contribution in [-0.2, 0) is 10.0 Å². The molecule has 0 saturated carbocycles. The minimum absolute atomic E-state index is 0.0478. The van der Waals surface area contributed by atoms with Gasteiger partial charge < -0.3 is 0 Å². The van der Waals surface area contributed by atoms with Crippen LogP contribution < -0.4 is 10.0 Å². The predicted octanol–water partition coefficient (Wildman–Crippen LogP) is 5.20. The number of nitrogens with one attached hydrogen (secondary N) is 2. The van der Waals surface area contributed by atoms with Crippen molar-refractivity contribution in [2.24, 2.45) is 0 Å².